The molecule has 0 fully saturated rings. The van der Waals surface area contributed by atoms with E-state index in [2.05, 4.69) is 18.7 Å². The zero-order valence-corrected chi connectivity index (χ0v) is 9.32. The summed E-state index contributed by atoms with van der Waals surface area (Å²) in [5.74, 6) is -2.47. The van der Waals surface area contributed by atoms with E-state index >= 15 is 0 Å². The smallest absolute Gasteiger partial charge is 0.279 e. The lowest BCUT2D eigenvalue weighted by Crippen LogP contribution is -2.30. The molecule has 0 heterocycles. The van der Waals surface area contributed by atoms with E-state index in [9.17, 15) is 0 Å². The second kappa shape index (κ2) is 6.68. The number of hydrogen-bond donors (Lipinski definition) is 3. The van der Waals surface area contributed by atoms with Gasteiger partial charge in [-0.25, -0.2) is 0 Å². The lowest BCUT2D eigenvalue weighted by atomic mass is 10.5. The predicted octanol–water partition coefficient (Wildman–Crippen LogP) is -0.363. The van der Waals surface area contributed by atoms with Crippen LogP contribution in [0.3, 0.4) is 0 Å². The fraction of sp³-hybridized carbons (Fsp3) is 1.00. The van der Waals surface area contributed by atoms with Crippen LogP contribution in [-0.4, -0.2) is 58.2 Å². The molecular formula is C8H20NO3P. The van der Waals surface area contributed by atoms with Crippen molar-refractivity contribution in [2.24, 2.45) is 0 Å². The van der Waals surface area contributed by atoms with Crippen LogP contribution in [-0.2, 0) is 0 Å². The molecule has 13 heavy (non-hydrogen) atoms. The van der Waals surface area contributed by atoms with Gasteiger partial charge in [-0.05, 0) is 19.3 Å². The van der Waals surface area contributed by atoms with Gasteiger partial charge >= 0.3 is 0 Å². The second-order valence-corrected chi connectivity index (χ2v) is 4.33. The van der Waals surface area contributed by atoms with Gasteiger partial charge in [-0.3, -0.25) is 0 Å². The monoisotopic (exact) mass is 209 g/mol. The summed E-state index contributed by atoms with van der Waals surface area (Å²) in [4.78, 5) is 2.26. The van der Waals surface area contributed by atoms with Crippen LogP contribution in [0.4, 0.5) is 0 Å². The number of aliphatic hydroxyl groups is 3. The molecule has 1 unspecified atom stereocenters. The molecule has 0 spiro atoms. The molecule has 0 radical (unpaired) electrons. The minimum Gasteiger partial charge on any atom is -0.343 e. The van der Waals surface area contributed by atoms with Crippen molar-refractivity contribution in [2.75, 3.05) is 32.0 Å². The van der Waals surface area contributed by atoms with Crippen LogP contribution in [0.2, 0.25) is 0 Å². The molecule has 80 valence electrons. The maximum absolute atomic E-state index is 8.60. The lowest BCUT2D eigenvalue weighted by Gasteiger charge is -2.19. The van der Waals surface area contributed by atoms with Crippen LogP contribution in [0.5, 0.6) is 0 Å². The molecule has 0 aromatic rings. The Labute approximate surface area is 81.4 Å². The Morgan fingerprint density at radius 1 is 1.15 bits per heavy atom. The van der Waals surface area contributed by atoms with E-state index in [-0.39, 0.29) is 6.16 Å². The van der Waals surface area contributed by atoms with E-state index in [1.807, 2.05) is 0 Å². The van der Waals surface area contributed by atoms with Crippen molar-refractivity contribution in [3.63, 3.8) is 0 Å². The number of hydrogen-bond acceptors (Lipinski definition) is 4. The van der Waals surface area contributed by atoms with Crippen LogP contribution in [0.15, 0.2) is 0 Å². The Balaban J connectivity index is 3.34. The van der Waals surface area contributed by atoms with Crippen LogP contribution in [0, 0.1) is 0 Å². The van der Waals surface area contributed by atoms with E-state index in [0.717, 1.165) is 25.8 Å². The van der Waals surface area contributed by atoms with Crippen molar-refractivity contribution < 1.29 is 15.3 Å². The summed E-state index contributed by atoms with van der Waals surface area (Å²) in [5.41, 5.74) is 0. The molecule has 4 nitrogen and oxygen atoms in total. The predicted molar refractivity (Wildman–Crippen MR) is 55.2 cm³/mol. The quantitative estimate of drug-likeness (QED) is 0.304. The number of rotatable bonds is 7. The standard InChI is InChI=1S/C8H20NO3P/c1-3-9(4-2)5-6-13-7-8(10,11)12/h10-13H,3-7H2,1-2H3. The largest absolute Gasteiger partial charge is 0.343 e. The van der Waals surface area contributed by atoms with Gasteiger partial charge in [-0.15, -0.1) is 8.58 Å². The minimum atomic E-state index is -2.47. The molecule has 0 aromatic heterocycles. The van der Waals surface area contributed by atoms with Crippen molar-refractivity contribution in [2.45, 2.75) is 19.8 Å². The zero-order chi connectivity index (χ0) is 10.3. The lowest BCUT2D eigenvalue weighted by molar-refractivity contribution is -0.293. The van der Waals surface area contributed by atoms with Gasteiger partial charge < -0.3 is 20.2 Å². The van der Waals surface area contributed by atoms with Gasteiger partial charge in [0.05, 0.1) is 0 Å². The average Bonchev–Trinajstić information content (AvgIpc) is 2.03. The van der Waals surface area contributed by atoms with E-state index in [1.165, 1.54) is 0 Å². The van der Waals surface area contributed by atoms with Crippen molar-refractivity contribution in [3.05, 3.63) is 0 Å². The molecule has 0 amide bonds. The van der Waals surface area contributed by atoms with Crippen LogP contribution in [0.1, 0.15) is 13.8 Å². The first-order valence-electron chi connectivity index (χ1n) is 4.59. The molecule has 0 rings (SSSR count). The summed E-state index contributed by atoms with van der Waals surface area (Å²) in [5, 5.41) is 25.8. The molecule has 0 saturated heterocycles. The highest BCUT2D eigenvalue weighted by Gasteiger charge is 2.16. The molecule has 0 bridgehead atoms. The zero-order valence-electron chi connectivity index (χ0n) is 8.32. The van der Waals surface area contributed by atoms with Gasteiger partial charge in [0.25, 0.3) is 5.97 Å². The highest BCUT2D eigenvalue weighted by atomic mass is 31.1. The van der Waals surface area contributed by atoms with Crippen molar-refractivity contribution in [3.8, 4) is 0 Å². The van der Waals surface area contributed by atoms with Crippen LogP contribution >= 0.6 is 8.58 Å². The topological polar surface area (TPSA) is 63.9 Å². The van der Waals surface area contributed by atoms with E-state index in [4.69, 9.17) is 15.3 Å². The highest BCUT2D eigenvalue weighted by Crippen LogP contribution is 2.14. The third-order valence-corrected chi connectivity index (χ3v) is 3.16. The Morgan fingerprint density at radius 3 is 2.08 bits per heavy atom. The number of nitrogens with zero attached hydrogens (tertiary/aromatic N) is 1. The van der Waals surface area contributed by atoms with Crippen LogP contribution in [0.25, 0.3) is 0 Å². The fourth-order valence-corrected chi connectivity index (χ4v) is 2.02. The van der Waals surface area contributed by atoms with E-state index < -0.39 is 5.97 Å². The third-order valence-electron chi connectivity index (χ3n) is 1.86. The SMILES string of the molecule is CCN(CC)CCPCC(O)(O)O. The summed E-state index contributed by atoms with van der Waals surface area (Å²) < 4.78 is 0. The van der Waals surface area contributed by atoms with Crippen molar-refractivity contribution in [1.82, 2.24) is 4.90 Å². The summed E-state index contributed by atoms with van der Waals surface area (Å²) in [6.45, 7) is 7.19. The summed E-state index contributed by atoms with van der Waals surface area (Å²) in [7, 11) is 0.391. The van der Waals surface area contributed by atoms with E-state index in [1.54, 1.807) is 0 Å². The average molecular weight is 209 g/mol. The van der Waals surface area contributed by atoms with Gasteiger partial charge in [0.1, 0.15) is 0 Å². The molecule has 5 heteroatoms. The molecular weight excluding hydrogens is 189 g/mol. The van der Waals surface area contributed by atoms with Gasteiger partial charge in [-0.2, -0.15) is 0 Å². The van der Waals surface area contributed by atoms with Crippen molar-refractivity contribution in [1.29, 1.82) is 0 Å². The van der Waals surface area contributed by atoms with Gasteiger partial charge in [0.2, 0.25) is 0 Å². The Morgan fingerprint density at radius 2 is 1.69 bits per heavy atom. The Bertz CT molecular complexity index is 123. The first-order chi connectivity index (χ1) is 5.99. The first kappa shape index (κ1) is 13.3. The van der Waals surface area contributed by atoms with Gasteiger partial charge in [-0.1, -0.05) is 13.8 Å². The first-order valence-corrected chi connectivity index (χ1v) is 6.01. The maximum Gasteiger partial charge on any atom is 0.279 e. The third kappa shape index (κ3) is 8.60. The van der Waals surface area contributed by atoms with Gasteiger partial charge in [0.15, 0.2) is 0 Å². The maximum atomic E-state index is 8.60. The molecule has 0 aromatic carbocycles. The highest BCUT2D eigenvalue weighted by molar-refractivity contribution is 7.38. The van der Waals surface area contributed by atoms with E-state index in [0.29, 0.717) is 8.58 Å². The van der Waals surface area contributed by atoms with Crippen LogP contribution < -0.4 is 0 Å². The summed E-state index contributed by atoms with van der Waals surface area (Å²) in [6, 6.07) is 0. The molecule has 0 aliphatic rings. The Kier molecular flexibility index (Phi) is 6.82. The van der Waals surface area contributed by atoms with Crippen molar-refractivity contribution >= 4 is 8.58 Å². The molecule has 0 saturated carbocycles. The second-order valence-electron chi connectivity index (χ2n) is 2.98. The summed E-state index contributed by atoms with van der Waals surface area (Å²) in [6.07, 6.45) is 0.958. The Hall–Kier alpha value is 0.270. The normalized spacial score (nSPS) is 13.4. The summed E-state index contributed by atoms with van der Waals surface area (Å²) >= 11 is 0. The molecule has 0 aliphatic carbocycles. The molecule has 1 atom stereocenters. The van der Waals surface area contributed by atoms with Gasteiger partial charge in [0, 0.05) is 12.7 Å². The molecule has 0 aliphatic heterocycles. The fourth-order valence-electron chi connectivity index (χ4n) is 1.03. The molecule has 3 N–H and O–H groups in total. The minimum absolute atomic E-state index is 0.0499.